The number of nitrogens with zero attached hydrogens (tertiary/aromatic N) is 1. The molecule has 1 aromatic heterocycles. The Labute approximate surface area is 114 Å². The van der Waals surface area contributed by atoms with Gasteiger partial charge in [0.25, 0.3) is 0 Å². The van der Waals surface area contributed by atoms with Crippen LogP contribution in [-0.2, 0) is 0 Å². The van der Waals surface area contributed by atoms with Gasteiger partial charge in [-0.3, -0.25) is 0 Å². The fourth-order valence-corrected chi connectivity index (χ4v) is 3.99. The molecule has 0 spiro atoms. The molecule has 100 valence electrons. The van der Waals surface area contributed by atoms with Crippen LogP contribution in [-0.4, -0.2) is 11.0 Å². The Morgan fingerprint density at radius 2 is 1.94 bits per heavy atom. The third-order valence-corrected chi connectivity index (χ3v) is 5.47. The highest BCUT2D eigenvalue weighted by Gasteiger charge is 2.33. The number of rotatable bonds is 4. The summed E-state index contributed by atoms with van der Waals surface area (Å²) in [6.45, 7) is 4.50. The van der Waals surface area contributed by atoms with E-state index in [2.05, 4.69) is 24.5 Å². The maximum atomic E-state index is 4.74. The van der Waals surface area contributed by atoms with Gasteiger partial charge in [-0.05, 0) is 44.4 Å². The standard InChI is InChI=1S/C15H24N2S/c1-10-3-5-12(6-4-10)14(17-13-7-8-13)15-16-11(2)9-18-15/h9-10,12-14,17H,3-8H2,1-2H3. The van der Waals surface area contributed by atoms with Gasteiger partial charge in [-0.15, -0.1) is 11.3 Å². The Hall–Kier alpha value is -0.410. The van der Waals surface area contributed by atoms with Crippen LogP contribution in [0.2, 0.25) is 0 Å². The van der Waals surface area contributed by atoms with E-state index in [-0.39, 0.29) is 0 Å². The van der Waals surface area contributed by atoms with Gasteiger partial charge >= 0.3 is 0 Å². The number of aryl methyl sites for hydroxylation is 1. The summed E-state index contributed by atoms with van der Waals surface area (Å²) < 4.78 is 0. The summed E-state index contributed by atoms with van der Waals surface area (Å²) in [7, 11) is 0. The zero-order valence-corrected chi connectivity index (χ0v) is 12.3. The van der Waals surface area contributed by atoms with E-state index in [9.17, 15) is 0 Å². The summed E-state index contributed by atoms with van der Waals surface area (Å²) in [5.41, 5.74) is 1.18. The summed E-state index contributed by atoms with van der Waals surface area (Å²) >= 11 is 1.85. The molecule has 2 nitrogen and oxygen atoms in total. The van der Waals surface area contributed by atoms with E-state index >= 15 is 0 Å². The zero-order valence-electron chi connectivity index (χ0n) is 11.5. The topological polar surface area (TPSA) is 24.9 Å². The van der Waals surface area contributed by atoms with Gasteiger partial charge in [0, 0.05) is 17.1 Å². The van der Waals surface area contributed by atoms with Gasteiger partial charge in [0.1, 0.15) is 5.01 Å². The second-order valence-electron chi connectivity index (χ2n) is 6.27. The predicted octanol–water partition coefficient (Wildman–Crippen LogP) is 4.07. The second kappa shape index (κ2) is 5.30. The SMILES string of the molecule is Cc1csc(C(NC2CC2)C2CCC(C)CC2)n1. The molecule has 0 saturated heterocycles. The van der Waals surface area contributed by atoms with Crippen LogP contribution in [0, 0.1) is 18.8 Å². The van der Waals surface area contributed by atoms with E-state index in [1.54, 1.807) is 0 Å². The van der Waals surface area contributed by atoms with E-state index in [1.165, 1.54) is 49.2 Å². The number of thiazole rings is 1. The van der Waals surface area contributed by atoms with Crippen molar-refractivity contribution in [3.63, 3.8) is 0 Å². The van der Waals surface area contributed by atoms with Crippen molar-refractivity contribution in [1.29, 1.82) is 0 Å². The Balaban J connectivity index is 1.72. The van der Waals surface area contributed by atoms with Crippen molar-refractivity contribution >= 4 is 11.3 Å². The molecule has 1 unspecified atom stereocenters. The molecule has 18 heavy (non-hydrogen) atoms. The molecular formula is C15H24N2S. The van der Waals surface area contributed by atoms with Crippen molar-refractivity contribution in [2.45, 2.75) is 64.5 Å². The molecule has 3 heteroatoms. The number of aromatic nitrogens is 1. The summed E-state index contributed by atoms with van der Waals surface area (Å²) in [5, 5.41) is 7.38. The monoisotopic (exact) mass is 264 g/mol. The smallest absolute Gasteiger partial charge is 0.110 e. The largest absolute Gasteiger partial charge is 0.305 e. The first-order valence-electron chi connectivity index (χ1n) is 7.40. The summed E-state index contributed by atoms with van der Waals surface area (Å²) in [6.07, 6.45) is 8.29. The molecule has 3 rings (SSSR count). The average Bonchev–Trinajstić information content (AvgIpc) is 3.09. The Kier molecular flexibility index (Phi) is 3.71. The molecule has 2 fully saturated rings. The van der Waals surface area contributed by atoms with Crippen molar-refractivity contribution in [2.75, 3.05) is 0 Å². The van der Waals surface area contributed by atoms with E-state index in [4.69, 9.17) is 4.98 Å². The van der Waals surface area contributed by atoms with Crippen molar-refractivity contribution < 1.29 is 0 Å². The van der Waals surface area contributed by atoms with Crippen LogP contribution in [0.15, 0.2) is 5.38 Å². The lowest BCUT2D eigenvalue weighted by molar-refractivity contribution is 0.229. The van der Waals surface area contributed by atoms with E-state index in [0.29, 0.717) is 6.04 Å². The van der Waals surface area contributed by atoms with E-state index in [1.807, 2.05) is 11.3 Å². The second-order valence-corrected chi connectivity index (χ2v) is 7.16. The third-order valence-electron chi connectivity index (χ3n) is 4.43. The van der Waals surface area contributed by atoms with Crippen LogP contribution in [0.3, 0.4) is 0 Å². The van der Waals surface area contributed by atoms with Gasteiger partial charge in [0.15, 0.2) is 0 Å². The lowest BCUT2D eigenvalue weighted by Gasteiger charge is -2.32. The fourth-order valence-electron chi connectivity index (χ4n) is 3.05. The fraction of sp³-hybridized carbons (Fsp3) is 0.800. The van der Waals surface area contributed by atoms with Gasteiger partial charge in [0.05, 0.1) is 6.04 Å². The minimum absolute atomic E-state index is 0.531. The maximum absolute atomic E-state index is 4.74. The van der Waals surface area contributed by atoms with E-state index in [0.717, 1.165) is 17.9 Å². The first-order valence-corrected chi connectivity index (χ1v) is 8.28. The van der Waals surface area contributed by atoms with Crippen LogP contribution in [0.25, 0.3) is 0 Å². The molecule has 2 aliphatic rings. The molecule has 2 aliphatic carbocycles. The van der Waals surface area contributed by atoms with Crippen molar-refractivity contribution in [3.8, 4) is 0 Å². The molecule has 0 bridgehead atoms. The van der Waals surface area contributed by atoms with Crippen molar-refractivity contribution in [2.24, 2.45) is 11.8 Å². The van der Waals surface area contributed by atoms with Gasteiger partial charge in [-0.25, -0.2) is 4.98 Å². The zero-order chi connectivity index (χ0) is 12.5. The minimum Gasteiger partial charge on any atom is -0.305 e. The molecule has 0 aromatic carbocycles. The molecule has 1 heterocycles. The van der Waals surface area contributed by atoms with Crippen LogP contribution in [0.4, 0.5) is 0 Å². The molecule has 1 aromatic rings. The van der Waals surface area contributed by atoms with Crippen LogP contribution >= 0.6 is 11.3 Å². The third kappa shape index (κ3) is 2.94. The van der Waals surface area contributed by atoms with Crippen LogP contribution in [0.5, 0.6) is 0 Å². The number of nitrogens with one attached hydrogen (secondary N) is 1. The summed E-state index contributed by atoms with van der Waals surface area (Å²) in [4.78, 5) is 4.74. The quantitative estimate of drug-likeness (QED) is 0.886. The molecule has 0 aliphatic heterocycles. The van der Waals surface area contributed by atoms with Crippen molar-refractivity contribution in [3.05, 3.63) is 16.1 Å². The van der Waals surface area contributed by atoms with Gasteiger partial charge < -0.3 is 5.32 Å². The van der Waals surface area contributed by atoms with Crippen molar-refractivity contribution in [1.82, 2.24) is 10.3 Å². The number of hydrogen-bond acceptors (Lipinski definition) is 3. The highest BCUT2D eigenvalue weighted by Crippen LogP contribution is 2.39. The number of hydrogen-bond donors (Lipinski definition) is 1. The highest BCUT2D eigenvalue weighted by atomic mass is 32.1. The van der Waals surface area contributed by atoms with E-state index < -0.39 is 0 Å². The molecule has 0 radical (unpaired) electrons. The summed E-state index contributed by atoms with van der Waals surface area (Å²) in [5.74, 6) is 1.74. The first kappa shape index (κ1) is 12.6. The first-order chi connectivity index (χ1) is 8.72. The predicted molar refractivity (Wildman–Crippen MR) is 76.9 cm³/mol. The lowest BCUT2D eigenvalue weighted by Crippen LogP contribution is -2.32. The molecular weight excluding hydrogens is 240 g/mol. The van der Waals surface area contributed by atoms with Gasteiger partial charge in [-0.1, -0.05) is 19.8 Å². The van der Waals surface area contributed by atoms with Gasteiger partial charge in [-0.2, -0.15) is 0 Å². The molecule has 2 saturated carbocycles. The lowest BCUT2D eigenvalue weighted by atomic mass is 9.79. The maximum Gasteiger partial charge on any atom is 0.110 e. The Morgan fingerprint density at radius 1 is 1.22 bits per heavy atom. The average molecular weight is 264 g/mol. The molecule has 1 N–H and O–H groups in total. The molecule has 0 amide bonds. The minimum atomic E-state index is 0.531. The normalized spacial score (nSPS) is 30.3. The Morgan fingerprint density at radius 3 is 2.50 bits per heavy atom. The summed E-state index contributed by atoms with van der Waals surface area (Å²) in [6, 6.07) is 1.31. The highest BCUT2D eigenvalue weighted by molar-refractivity contribution is 7.09. The molecule has 1 atom stereocenters. The van der Waals surface area contributed by atoms with Crippen LogP contribution < -0.4 is 5.32 Å². The van der Waals surface area contributed by atoms with Crippen LogP contribution in [0.1, 0.15) is 62.2 Å². The Bertz CT molecular complexity index is 389. The van der Waals surface area contributed by atoms with Gasteiger partial charge in [0.2, 0.25) is 0 Å².